The van der Waals surface area contributed by atoms with E-state index in [1.807, 2.05) is 0 Å². The van der Waals surface area contributed by atoms with E-state index in [1.165, 1.54) is 29.9 Å². The normalized spacial score (nSPS) is 16.1. The summed E-state index contributed by atoms with van der Waals surface area (Å²) in [5.41, 5.74) is 0.674. The number of hydrogen-bond acceptors (Lipinski definition) is 3. The number of thiophene rings is 1. The first-order valence-electron chi connectivity index (χ1n) is 7.91. The number of nitrogens with one attached hydrogen (secondary N) is 2. The molecule has 1 atom stereocenters. The summed E-state index contributed by atoms with van der Waals surface area (Å²) in [6.45, 7) is 2.98. The van der Waals surface area contributed by atoms with Crippen LogP contribution in [0.5, 0.6) is 0 Å². The second kappa shape index (κ2) is 8.25. The molecule has 0 saturated carbocycles. The summed E-state index contributed by atoms with van der Waals surface area (Å²) in [4.78, 5) is 3.84. The lowest BCUT2D eigenvalue weighted by Gasteiger charge is -2.27. The minimum absolute atomic E-state index is 0.0799. The van der Waals surface area contributed by atoms with Crippen LogP contribution in [0.3, 0.4) is 0 Å². The van der Waals surface area contributed by atoms with Crippen LogP contribution in [-0.4, -0.2) is 29.6 Å². The molecule has 1 aromatic carbocycles. The lowest BCUT2D eigenvalue weighted by atomic mass is 10.2. The number of halogens is 2. The predicted molar refractivity (Wildman–Crippen MR) is 104 cm³/mol. The number of nitrogens with zero attached hydrogens (tertiary/aromatic N) is 1. The Morgan fingerprint density at radius 1 is 1.33 bits per heavy atom. The molecule has 0 radical (unpaired) electrons. The van der Waals surface area contributed by atoms with Gasteiger partial charge in [0.25, 0.3) is 0 Å². The van der Waals surface area contributed by atoms with Gasteiger partial charge < -0.3 is 10.6 Å². The van der Waals surface area contributed by atoms with Crippen LogP contribution in [0.15, 0.2) is 35.7 Å². The molecular formula is C17H19ClFN3S2. The van der Waals surface area contributed by atoms with Gasteiger partial charge in [0.05, 0.1) is 11.1 Å². The lowest BCUT2D eigenvalue weighted by Crippen LogP contribution is -2.38. The Kier molecular flexibility index (Phi) is 6.05. The maximum Gasteiger partial charge on any atom is 0.170 e. The van der Waals surface area contributed by atoms with E-state index in [0.29, 0.717) is 16.8 Å². The largest absolute Gasteiger partial charge is 0.360 e. The molecule has 24 heavy (non-hydrogen) atoms. The third-order valence-electron chi connectivity index (χ3n) is 4.09. The molecule has 1 aromatic heterocycles. The van der Waals surface area contributed by atoms with Gasteiger partial charge in [-0.2, -0.15) is 0 Å². The fourth-order valence-electron chi connectivity index (χ4n) is 2.88. The maximum atomic E-state index is 13.2. The smallest absolute Gasteiger partial charge is 0.170 e. The highest BCUT2D eigenvalue weighted by atomic mass is 35.5. The number of hydrogen-bond donors (Lipinski definition) is 2. The van der Waals surface area contributed by atoms with Gasteiger partial charge in [0.1, 0.15) is 5.82 Å². The van der Waals surface area contributed by atoms with Crippen molar-refractivity contribution in [2.24, 2.45) is 0 Å². The number of benzene rings is 1. The fraction of sp³-hybridized carbons (Fsp3) is 0.353. The van der Waals surface area contributed by atoms with Crippen LogP contribution in [0.25, 0.3) is 0 Å². The van der Waals surface area contributed by atoms with E-state index in [4.69, 9.17) is 23.8 Å². The van der Waals surface area contributed by atoms with Crippen LogP contribution in [-0.2, 0) is 0 Å². The van der Waals surface area contributed by atoms with Crippen molar-refractivity contribution < 1.29 is 4.39 Å². The molecule has 7 heteroatoms. The molecule has 0 unspecified atom stereocenters. The van der Waals surface area contributed by atoms with Gasteiger partial charge in [-0.1, -0.05) is 17.7 Å². The molecular weight excluding hydrogens is 365 g/mol. The van der Waals surface area contributed by atoms with Crippen molar-refractivity contribution in [3.63, 3.8) is 0 Å². The summed E-state index contributed by atoms with van der Waals surface area (Å²) in [6.07, 6.45) is 2.50. The summed E-state index contributed by atoms with van der Waals surface area (Å²) in [5, 5.41) is 9.03. The monoisotopic (exact) mass is 383 g/mol. The van der Waals surface area contributed by atoms with Crippen LogP contribution >= 0.6 is 35.2 Å². The molecule has 1 aliphatic rings. The highest BCUT2D eigenvalue weighted by Gasteiger charge is 2.24. The van der Waals surface area contributed by atoms with E-state index < -0.39 is 5.82 Å². The molecule has 3 nitrogen and oxygen atoms in total. The minimum Gasteiger partial charge on any atom is -0.360 e. The Morgan fingerprint density at radius 2 is 2.12 bits per heavy atom. The standard InChI is InChI=1S/C17H19ClFN3S2/c18-13-10-12(5-6-14(13)19)21-17(23)20-11-15(16-4-3-9-24-16)22-7-1-2-8-22/h3-6,9-10,15H,1-2,7-8,11H2,(H2,20,21,23)/t15-/m0/s1. The predicted octanol–water partition coefficient (Wildman–Crippen LogP) is 4.66. The van der Waals surface area contributed by atoms with Crippen LogP contribution < -0.4 is 10.6 Å². The number of rotatable bonds is 5. The molecule has 1 fully saturated rings. The van der Waals surface area contributed by atoms with Gasteiger partial charge in [0.15, 0.2) is 5.11 Å². The molecule has 0 aliphatic carbocycles. The van der Waals surface area contributed by atoms with Crippen LogP contribution in [0.2, 0.25) is 5.02 Å². The van der Waals surface area contributed by atoms with Gasteiger partial charge in [0.2, 0.25) is 0 Å². The van der Waals surface area contributed by atoms with Gasteiger partial charge in [-0.3, -0.25) is 4.90 Å². The molecule has 0 spiro atoms. The van der Waals surface area contributed by atoms with Crippen molar-refractivity contribution in [1.82, 2.24) is 10.2 Å². The molecule has 128 valence electrons. The third-order valence-corrected chi connectivity index (χ3v) is 5.60. The summed E-state index contributed by atoms with van der Waals surface area (Å²) in [6, 6.07) is 9.05. The molecule has 2 heterocycles. The second-order valence-electron chi connectivity index (χ2n) is 5.74. The second-order valence-corrected chi connectivity index (χ2v) is 7.53. The maximum absolute atomic E-state index is 13.2. The van der Waals surface area contributed by atoms with E-state index >= 15 is 0 Å². The van der Waals surface area contributed by atoms with Crippen molar-refractivity contribution in [3.05, 3.63) is 51.4 Å². The molecule has 1 saturated heterocycles. The highest BCUT2D eigenvalue weighted by Crippen LogP contribution is 2.28. The zero-order valence-electron chi connectivity index (χ0n) is 13.1. The SMILES string of the molecule is Fc1ccc(NC(=S)NC[C@@H](c2cccs2)N2CCCC2)cc1Cl. The zero-order valence-corrected chi connectivity index (χ0v) is 15.5. The molecule has 2 aromatic rings. The van der Waals surface area contributed by atoms with Crippen LogP contribution in [0.1, 0.15) is 23.8 Å². The van der Waals surface area contributed by atoms with Crippen molar-refractivity contribution in [1.29, 1.82) is 0 Å². The Bertz CT molecular complexity index is 687. The van der Waals surface area contributed by atoms with Crippen molar-refractivity contribution in [2.75, 3.05) is 25.0 Å². The van der Waals surface area contributed by atoms with Crippen LogP contribution in [0.4, 0.5) is 10.1 Å². The first kappa shape index (κ1) is 17.6. The van der Waals surface area contributed by atoms with Gasteiger partial charge in [-0.15, -0.1) is 11.3 Å². The Labute approximate surface area is 155 Å². The Balaban J connectivity index is 1.59. The Hall–Kier alpha value is -1.21. The average molecular weight is 384 g/mol. The number of thiocarbonyl (C=S) groups is 1. The Morgan fingerprint density at radius 3 is 2.79 bits per heavy atom. The number of likely N-dealkylation sites (tertiary alicyclic amines) is 1. The molecule has 3 rings (SSSR count). The third kappa shape index (κ3) is 4.45. The molecule has 2 N–H and O–H groups in total. The van der Waals surface area contributed by atoms with E-state index in [0.717, 1.165) is 19.6 Å². The zero-order chi connectivity index (χ0) is 16.9. The van der Waals surface area contributed by atoms with Crippen molar-refractivity contribution >= 4 is 46.0 Å². The molecule has 0 bridgehead atoms. The molecule has 1 aliphatic heterocycles. The summed E-state index contributed by atoms with van der Waals surface area (Å²) < 4.78 is 13.2. The topological polar surface area (TPSA) is 27.3 Å². The van der Waals surface area contributed by atoms with Gasteiger partial charge in [0, 0.05) is 17.1 Å². The van der Waals surface area contributed by atoms with Crippen molar-refractivity contribution in [3.8, 4) is 0 Å². The van der Waals surface area contributed by atoms with Gasteiger partial charge in [-0.25, -0.2) is 4.39 Å². The average Bonchev–Trinajstić information content (AvgIpc) is 3.25. The van der Waals surface area contributed by atoms with Crippen molar-refractivity contribution in [2.45, 2.75) is 18.9 Å². The van der Waals surface area contributed by atoms with E-state index in [1.54, 1.807) is 17.4 Å². The number of anilines is 1. The van der Waals surface area contributed by atoms with Crippen LogP contribution in [0, 0.1) is 5.82 Å². The summed E-state index contributed by atoms with van der Waals surface area (Å²) in [7, 11) is 0. The van der Waals surface area contributed by atoms with Gasteiger partial charge >= 0.3 is 0 Å². The van der Waals surface area contributed by atoms with E-state index in [-0.39, 0.29) is 5.02 Å². The minimum atomic E-state index is -0.437. The summed E-state index contributed by atoms with van der Waals surface area (Å²) >= 11 is 12.9. The first-order chi connectivity index (χ1) is 11.6. The fourth-order valence-corrected chi connectivity index (χ4v) is 4.12. The highest BCUT2D eigenvalue weighted by molar-refractivity contribution is 7.80. The quantitative estimate of drug-likeness (QED) is 0.734. The first-order valence-corrected chi connectivity index (χ1v) is 9.57. The lowest BCUT2D eigenvalue weighted by molar-refractivity contribution is 0.249. The van der Waals surface area contributed by atoms with E-state index in [9.17, 15) is 4.39 Å². The molecule has 0 amide bonds. The van der Waals surface area contributed by atoms with E-state index in [2.05, 4.69) is 33.0 Å². The van der Waals surface area contributed by atoms with Gasteiger partial charge in [-0.05, 0) is 67.8 Å². The summed E-state index contributed by atoms with van der Waals surface area (Å²) in [5.74, 6) is -0.437.